The molecule has 1 aromatic carbocycles. The van der Waals surface area contributed by atoms with Crippen LogP contribution >= 0.6 is 11.3 Å². The van der Waals surface area contributed by atoms with Crippen molar-refractivity contribution in [2.75, 3.05) is 11.9 Å². The van der Waals surface area contributed by atoms with Crippen molar-refractivity contribution in [1.82, 2.24) is 25.5 Å². The van der Waals surface area contributed by atoms with Gasteiger partial charge >= 0.3 is 6.09 Å². The van der Waals surface area contributed by atoms with Gasteiger partial charge in [-0.1, -0.05) is 31.1 Å². The number of benzene rings is 1. The number of alkyl carbamates (subject to hydrolysis) is 1. The van der Waals surface area contributed by atoms with Crippen molar-refractivity contribution in [3.63, 3.8) is 0 Å². The average molecular weight is 757 g/mol. The molecule has 54 heavy (non-hydrogen) atoms. The summed E-state index contributed by atoms with van der Waals surface area (Å²) in [6, 6.07) is 6.29. The lowest BCUT2D eigenvalue weighted by atomic mass is 10.0. The lowest BCUT2D eigenvalue weighted by molar-refractivity contribution is -0.141. The smallest absolute Gasteiger partial charge is 0.408 e. The molecule has 3 fully saturated rings. The number of carbonyl (C=O) groups excluding carboxylic acids is 4. The summed E-state index contributed by atoms with van der Waals surface area (Å²) in [4.78, 5) is 66.3. The molecular formula is C41H52N6O6S. The number of ketones is 1. The molecule has 3 N–H and O–H groups in total. The predicted octanol–water partition coefficient (Wildman–Crippen LogP) is 6.86. The average Bonchev–Trinajstić information content (AvgIpc) is 3.55. The van der Waals surface area contributed by atoms with E-state index in [0.717, 1.165) is 73.0 Å². The van der Waals surface area contributed by atoms with Gasteiger partial charge in [0.25, 0.3) is 0 Å². The zero-order chi connectivity index (χ0) is 38.0. The first-order valence-corrected chi connectivity index (χ1v) is 20.4. The summed E-state index contributed by atoms with van der Waals surface area (Å²) in [7, 11) is 0. The van der Waals surface area contributed by atoms with Gasteiger partial charge in [0, 0.05) is 35.2 Å². The number of aryl methyl sites for hydroxylation is 1. The SMILES string of the molecule is CC(=O)[C@@]12C[C@H]1C=CCCCCC[C@H](NC(=O)OC1CCCC1)C(=O)N1C[C@H](Oc3cc(-c4csc(NC(C)C)n4)nc4cc(C)ccc34)C[C@H]1C(=O)N2. The first kappa shape index (κ1) is 37.8. The second kappa shape index (κ2) is 16.1. The highest BCUT2D eigenvalue weighted by Crippen LogP contribution is 2.46. The number of aromatic nitrogens is 2. The fourth-order valence-electron chi connectivity index (χ4n) is 8.09. The summed E-state index contributed by atoms with van der Waals surface area (Å²) >= 11 is 1.51. The van der Waals surface area contributed by atoms with Crippen LogP contribution in [0.15, 0.2) is 41.8 Å². The van der Waals surface area contributed by atoms with Crippen molar-refractivity contribution in [1.29, 1.82) is 0 Å². The maximum Gasteiger partial charge on any atom is 0.408 e. The van der Waals surface area contributed by atoms with Gasteiger partial charge in [-0.15, -0.1) is 11.3 Å². The molecule has 3 aromatic rings. The topological polar surface area (TPSA) is 152 Å². The van der Waals surface area contributed by atoms with E-state index in [1.165, 1.54) is 18.3 Å². The van der Waals surface area contributed by atoms with Crippen LogP contribution in [0.25, 0.3) is 22.3 Å². The standard InChI is InChI=1S/C41H52N6O6S/c1-24(2)42-39-44-34(23-54-39)33-20-36(30-17-16-25(3)18-32(30)43-33)52-29-19-35-37(49)46-41(26(4)48)21-27(41)12-8-6-5-7-9-15-31(38(50)47(35)22-29)45-40(51)53-28-13-10-11-14-28/h8,12,16-18,20,23-24,27-29,31,35H,5-7,9-11,13-15,19,21-22H2,1-4H3,(H,42,44)(H,45,51)(H,46,49)/t27-,29-,31+,35+,41+/m1/s1. The Hall–Kier alpha value is -4.52. The van der Waals surface area contributed by atoms with Gasteiger partial charge in [-0.05, 0) is 96.8 Å². The number of nitrogens with one attached hydrogen (secondary N) is 3. The molecule has 4 aliphatic rings. The van der Waals surface area contributed by atoms with Crippen LogP contribution in [0, 0.1) is 12.8 Å². The van der Waals surface area contributed by atoms with E-state index in [1.54, 1.807) is 4.90 Å². The summed E-state index contributed by atoms with van der Waals surface area (Å²) < 4.78 is 12.5. The minimum Gasteiger partial charge on any atom is -0.488 e. The van der Waals surface area contributed by atoms with Gasteiger partial charge in [-0.25, -0.2) is 14.8 Å². The van der Waals surface area contributed by atoms with Gasteiger partial charge in [-0.2, -0.15) is 0 Å². The molecule has 2 saturated carbocycles. The molecule has 12 nitrogen and oxygen atoms in total. The highest BCUT2D eigenvalue weighted by molar-refractivity contribution is 7.14. The Kier molecular flexibility index (Phi) is 11.2. The van der Waals surface area contributed by atoms with Crippen LogP contribution < -0.4 is 20.7 Å². The van der Waals surface area contributed by atoms with E-state index in [2.05, 4.69) is 35.9 Å². The van der Waals surface area contributed by atoms with Crippen molar-refractivity contribution in [2.45, 2.75) is 134 Å². The quantitative estimate of drug-likeness (QED) is 0.210. The van der Waals surface area contributed by atoms with Crippen LogP contribution in [-0.2, 0) is 19.1 Å². The Morgan fingerprint density at radius 1 is 1.02 bits per heavy atom. The molecule has 4 heterocycles. The molecule has 0 radical (unpaired) electrons. The maximum absolute atomic E-state index is 14.6. The van der Waals surface area contributed by atoms with E-state index in [1.807, 2.05) is 42.6 Å². The summed E-state index contributed by atoms with van der Waals surface area (Å²) in [5.74, 6) is -0.373. The summed E-state index contributed by atoms with van der Waals surface area (Å²) in [5.41, 5.74) is 2.17. The van der Waals surface area contributed by atoms with Crippen LogP contribution in [-0.4, -0.2) is 81.0 Å². The van der Waals surface area contributed by atoms with Gasteiger partial charge < -0.3 is 30.3 Å². The van der Waals surface area contributed by atoms with Gasteiger partial charge in [0.15, 0.2) is 10.9 Å². The number of hydrogen-bond donors (Lipinski definition) is 3. The van der Waals surface area contributed by atoms with Crippen molar-refractivity contribution in [3.8, 4) is 17.1 Å². The fraction of sp³-hybridized carbons (Fsp3) is 0.561. The van der Waals surface area contributed by atoms with Crippen molar-refractivity contribution >= 4 is 51.1 Å². The summed E-state index contributed by atoms with van der Waals surface area (Å²) in [5, 5.41) is 12.9. The molecule has 7 rings (SSSR count). The Balaban J connectivity index is 1.19. The molecule has 13 heteroatoms. The highest BCUT2D eigenvalue weighted by Gasteiger charge is 2.59. The minimum absolute atomic E-state index is 0.0894. The highest BCUT2D eigenvalue weighted by atomic mass is 32.1. The Morgan fingerprint density at radius 2 is 1.81 bits per heavy atom. The van der Waals surface area contributed by atoms with Gasteiger partial charge in [0.2, 0.25) is 11.8 Å². The first-order chi connectivity index (χ1) is 26.0. The lowest BCUT2D eigenvalue weighted by Gasteiger charge is -2.29. The number of pyridine rings is 1. The predicted molar refractivity (Wildman–Crippen MR) is 208 cm³/mol. The molecule has 2 aliphatic heterocycles. The normalized spacial score (nSPS) is 26.4. The van der Waals surface area contributed by atoms with E-state index in [-0.39, 0.29) is 42.7 Å². The molecule has 0 bridgehead atoms. The first-order valence-electron chi connectivity index (χ1n) is 19.6. The second-order valence-corrected chi connectivity index (χ2v) is 16.6. The molecule has 0 unspecified atom stereocenters. The van der Waals surface area contributed by atoms with Gasteiger partial charge in [0.1, 0.15) is 41.3 Å². The number of carbonyl (C=O) groups is 4. The third kappa shape index (κ3) is 8.40. The van der Waals surface area contributed by atoms with E-state index in [9.17, 15) is 19.2 Å². The van der Waals surface area contributed by atoms with Crippen LogP contribution in [0.2, 0.25) is 0 Å². The zero-order valence-corrected chi connectivity index (χ0v) is 32.5. The molecule has 5 atom stereocenters. The van der Waals surface area contributed by atoms with Crippen LogP contribution in [0.5, 0.6) is 5.75 Å². The fourth-order valence-corrected chi connectivity index (χ4v) is 8.95. The monoisotopic (exact) mass is 756 g/mol. The largest absolute Gasteiger partial charge is 0.488 e. The number of allylic oxidation sites excluding steroid dienone is 1. The second-order valence-electron chi connectivity index (χ2n) is 15.7. The minimum atomic E-state index is -0.991. The zero-order valence-electron chi connectivity index (χ0n) is 31.7. The molecule has 3 amide bonds. The molecular weight excluding hydrogens is 705 g/mol. The Labute approximate surface area is 320 Å². The van der Waals surface area contributed by atoms with Gasteiger partial charge in [-0.3, -0.25) is 14.4 Å². The number of Topliss-reactive ketones (excluding diaryl/α,β-unsaturated/α-hetero) is 1. The number of nitrogens with zero attached hydrogens (tertiary/aromatic N) is 3. The number of rotatable bonds is 8. The van der Waals surface area contributed by atoms with Crippen LogP contribution in [0.3, 0.4) is 0 Å². The number of ether oxygens (including phenoxy) is 2. The maximum atomic E-state index is 14.6. The van der Waals surface area contributed by atoms with Crippen LogP contribution in [0.4, 0.5) is 9.93 Å². The summed E-state index contributed by atoms with van der Waals surface area (Å²) in [6.45, 7) is 7.76. The van der Waals surface area contributed by atoms with E-state index < -0.39 is 35.7 Å². The third-order valence-corrected chi connectivity index (χ3v) is 11.9. The van der Waals surface area contributed by atoms with E-state index >= 15 is 0 Å². The molecule has 1 saturated heterocycles. The number of hydrogen-bond acceptors (Lipinski definition) is 10. The molecule has 0 spiro atoms. The van der Waals surface area contributed by atoms with Crippen molar-refractivity contribution < 1.29 is 28.7 Å². The number of anilines is 1. The lowest BCUT2D eigenvalue weighted by Crippen LogP contribution is -2.56. The number of thiazole rings is 1. The van der Waals surface area contributed by atoms with Crippen molar-refractivity contribution in [2.24, 2.45) is 5.92 Å². The van der Waals surface area contributed by atoms with E-state index in [0.29, 0.717) is 30.0 Å². The Bertz CT molecular complexity index is 1920. The third-order valence-electron chi connectivity index (χ3n) is 11.1. The van der Waals surface area contributed by atoms with Crippen molar-refractivity contribution in [3.05, 3.63) is 47.4 Å². The van der Waals surface area contributed by atoms with Gasteiger partial charge in [0.05, 0.1) is 17.8 Å². The van der Waals surface area contributed by atoms with E-state index in [4.69, 9.17) is 19.4 Å². The Morgan fingerprint density at radius 3 is 2.59 bits per heavy atom. The molecule has 288 valence electrons. The molecule has 2 aromatic heterocycles. The van der Waals surface area contributed by atoms with Crippen LogP contribution in [0.1, 0.15) is 97.0 Å². The number of amides is 3. The number of fused-ring (bicyclic) bond motifs is 3. The summed E-state index contributed by atoms with van der Waals surface area (Å²) in [6.07, 6.45) is 10.9. The molecule has 2 aliphatic carbocycles.